The second-order valence-corrected chi connectivity index (χ2v) is 5.23. The van der Waals surface area contributed by atoms with Crippen molar-refractivity contribution < 1.29 is 8.39 Å². The molecule has 1 saturated carbocycles. The Kier molecular flexibility index (Phi) is 0.976. The van der Waals surface area contributed by atoms with Gasteiger partial charge in [-0.25, -0.2) is 4.21 Å². The van der Waals surface area contributed by atoms with Gasteiger partial charge < -0.3 is 0 Å². The third-order valence-electron chi connectivity index (χ3n) is 3.44. The average Bonchev–Trinajstić information content (AvgIpc) is 2.73. The fourth-order valence-electron chi connectivity index (χ4n) is 2.86. The van der Waals surface area contributed by atoms with Crippen LogP contribution in [0.2, 0.25) is 0 Å². The highest BCUT2D eigenvalue weighted by molar-refractivity contribution is 7.81. The highest BCUT2D eigenvalue weighted by Crippen LogP contribution is 2.69. The van der Waals surface area contributed by atoms with E-state index in [4.69, 9.17) is 4.18 Å². The Balaban J connectivity index is 1.98. The molecule has 0 radical (unpaired) electrons. The van der Waals surface area contributed by atoms with Crippen LogP contribution in [0.25, 0.3) is 0 Å². The van der Waals surface area contributed by atoms with Crippen molar-refractivity contribution in [3.63, 3.8) is 0 Å². The zero-order chi connectivity index (χ0) is 8.58. The molecule has 4 rings (SSSR count). The standard InChI is InChI=1S/C10H8O2S/c11-13-10-7-5-3-1-2-4-6(5)9(12-13)8(7)10/h1-4,7-10H. The Labute approximate surface area is 78.6 Å². The summed E-state index contributed by atoms with van der Waals surface area (Å²) in [7, 11) is 0. The molecule has 66 valence electrons. The van der Waals surface area contributed by atoms with Crippen LogP contribution in [-0.4, -0.2) is 9.46 Å². The van der Waals surface area contributed by atoms with Crippen molar-refractivity contribution >= 4 is 11.1 Å². The smallest absolute Gasteiger partial charge is 0.160 e. The highest BCUT2D eigenvalue weighted by Gasteiger charge is 2.69. The van der Waals surface area contributed by atoms with Crippen LogP contribution in [0.5, 0.6) is 0 Å². The number of hydrogen-bond acceptors (Lipinski definition) is 2. The Morgan fingerprint density at radius 1 is 1.23 bits per heavy atom. The van der Waals surface area contributed by atoms with Crippen LogP contribution in [0.1, 0.15) is 23.1 Å². The lowest BCUT2D eigenvalue weighted by Crippen LogP contribution is -1.97. The number of rotatable bonds is 0. The first kappa shape index (κ1) is 6.74. The van der Waals surface area contributed by atoms with Crippen LogP contribution in [-0.2, 0) is 15.3 Å². The van der Waals surface area contributed by atoms with Crippen LogP contribution in [0.4, 0.5) is 0 Å². The predicted octanol–water partition coefficient (Wildman–Crippen LogP) is 1.52. The van der Waals surface area contributed by atoms with Gasteiger partial charge in [0.1, 0.15) is 6.10 Å². The Hall–Kier alpha value is -0.670. The van der Waals surface area contributed by atoms with E-state index in [1.807, 2.05) is 6.07 Å². The van der Waals surface area contributed by atoms with Gasteiger partial charge in [-0.2, -0.15) is 0 Å². The molecule has 0 spiro atoms. The van der Waals surface area contributed by atoms with Gasteiger partial charge in [0.15, 0.2) is 11.1 Å². The Bertz CT molecular complexity index is 414. The summed E-state index contributed by atoms with van der Waals surface area (Å²) < 4.78 is 16.8. The molecule has 1 aromatic rings. The molecule has 5 unspecified atom stereocenters. The molecule has 0 amide bonds. The van der Waals surface area contributed by atoms with Crippen molar-refractivity contribution in [3.8, 4) is 0 Å². The number of benzene rings is 1. The zero-order valence-corrected chi connectivity index (χ0v) is 7.66. The fourth-order valence-corrected chi connectivity index (χ4v) is 4.47. The first-order valence-corrected chi connectivity index (χ1v) is 5.68. The van der Waals surface area contributed by atoms with Crippen LogP contribution in [0.3, 0.4) is 0 Å². The third kappa shape index (κ3) is 0.606. The second kappa shape index (κ2) is 1.88. The first-order valence-electron chi connectivity index (χ1n) is 4.54. The largest absolute Gasteiger partial charge is 0.282 e. The van der Waals surface area contributed by atoms with Crippen LogP contribution < -0.4 is 0 Å². The molecule has 2 fully saturated rings. The summed E-state index contributed by atoms with van der Waals surface area (Å²) in [4.78, 5) is 0. The zero-order valence-electron chi connectivity index (χ0n) is 6.84. The number of fused-ring (bicyclic) bond motifs is 4. The minimum Gasteiger partial charge on any atom is -0.282 e. The van der Waals surface area contributed by atoms with Gasteiger partial charge in [-0.05, 0) is 11.1 Å². The molecular weight excluding hydrogens is 184 g/mol. The van der Waals surface area contributed by atoms with E-state index < -0.39 is 11.1 Å². The van der Waals surface area contributed by atoms with E-state index in [1.165, 1.54) is 11.1 Å². The maximum absolute atomic E-state index is 11.4. The van der Waals surface area contributed by atoms with Crippen LogP contribution in [0.15, 0.2) is 24.3 Å². The lowest BCUT2D eigenvalue weighted by Gasteiger charge is -2.05. The Morgan fingerprint density at radius 2 is 2.00 bits per heavy atom. The molecule has 1 aromatic carbocycles. The SMILES string of the molecule is O=S1OC2c3ccccc3C3C2C31. The summed E-state index contributed by atoms with van der Waals surface area (Å²) in [5, 5.41) is 0.319. The molecule has 13 heavy (non-hydrogen) atoms. The van der Waals surface area contributed by atoms with E-state index in [0.717, 1.165) is 0 Å². The third-order valence-corrected chi connectivity index (χ3v) is 4.89. The summed E-state index contributed by atoms with van der Waals surface area (Å²) >= 11 is -1.02. The molecule has 1 heterocycles. The normalized spacial score (nSPS) is 48.8. The van der Waals surface area contributed by atoms with Gasteiger partial charge in [0.2, 0.25) is 0 Å². The van der Waals surface area contributed by atoms with Gasteiger partial charge in [0.25, 0.3) is 0 Å². The molecule has 0 aromatic heterocycles. The van der Waals surface area contributed by atoms with Gasteiger partial charge in [-0.3, -0.25) is 4.18 Å². The number of hydrogen-bond donors (Lipinski definition) is 0. The molecular formula is C10H8O2S. The molecule has 5 atom stereocenters. The molecule has 0 bridgehead atoms. The van der Waals surface area contributed by atoms with Crippen LogP contribution >= 0.6 is 0 Å². The van der Waals surface area contributed by atoms with E-state index >= 15 is 0 Å². The van der Waals surface area contributed by atoms with E-state index in [1.54, 1.807) is 0 Å². The second-order valence-electron chi connectivity index (χ2n) is 3.97. The molecule has 3 aliphatic rings. The topological polar surface area (TPSA) is 26.3 Å². The quantitative estimate of drug-likeness (QED) is 0.623. The van der Waals surface area contributed by atoms with Crippen molar-refractivity contribution in [2.75, 3.05) is 0 Å². The predicted molar refractivity (Wildman–Crippen MR) is 48.4 cm³/mol. The van der Waals surface area contributed by atoms with Crippen LogP contribution in [0, 0.1) is 5.92 Å². The van der Waals surface area contributed by atoms with Crippen molar-refractivity contribution in [3.05, 3.63) is 35.4 Å². The van der Waals surface area contributed by atoms with E-state index in [0.29, 0.717) is 17.1 Å². The van der Waals surface area contributed by atoms with Gasteiger partial charge in [-0.15, -0.1) is 0 Å². The van der Waals surface area contributed by atoms with Crippen molar-refractivity contribution in [2.24, 2.45) is 5.92 Å². The average molecular weight is 192 g/mol. The van der Waals surface area contributed by atoms with Gasteiger partial charge in [0, 0.05) is 11.8 Å². The fraction of sp³-hybridized carbons (Fsp3) is 0.400. The molecule has 0 N–H and O–H groups in total. The molecule has 2 nitrogen and oxygen atoms in total. The van der Waals surface area contributed by atoms with Crippen molar-refractivity contribution in [1.29, 1.82) is 0 Å². The van der Waals surface area contributed by atoms with E-state index in [9.17, 15) is 4.21 Å². The summed E-state index contributed by atoms with van der Waals surface area (Å²) in [5.41, 5.74) is 2.66. The molecule has 1 saturated heterocycles. The van der Waals surface area contributed by atoms with Crippen molar-refractivity contribution in [2.45, 2.75) is 17.3 Å². The van der Waals surface area contributed by atoms with Crippen molar-refractivity contribution in [1.82, 2.24) is 0 Å². The minimum atomic E-state index is -1.02. The van der Waals surface area contributed by atoms with E-state index in [2.05, 4.69) is 18.2 Å². The first-order chi connectivity index (χ1) is 6.38. The lowest BCUT2D eigenvalue weighted by atomic mass is 10.1. The van der Waals surface area contributed by atoms with Gasteiger partial charge in [0.05, 0.1) is 5.25 Å². The van der Waals surface area contributed by atoms with E-state index in [-0.39, 0.29) is 6.10 Å². The van der Waals surface area contributed by atoms with Gasteiger partial charge >= 0.3 is 0 Å². The summed E-state index contributed by atoms with van der Waals surface area (Å²) in [6, 6.07) is 8.34. The molecule has 3 heteroatoms. The summed E-state index contributed by atoms with van der Waals surface area (Å²) in [5.74, 6) is 1.09. The summed E-state index contributed by atoms with van der Waals surface area (Å²) in [6.45, 7) is 0. The Morgan fingerprint density at radius 3 is 2.85 bits per heavy atom. The van der Waals surface area contributed by atoms with Gasteiger partial charge in [-0.1, -0.05) is 24.3 Å². The highest BCUT2D eigenvalue weighted by atomic mass is 32.2. The monoisotopic (exact) mass is 192 g/mol. The summed E-state index contributed by atoms with van der Waals surface area (Å²) in [6.07, 6.45) is 0.145. The minimum absolute atomic E-state index is 0.145. The molecule has 1 aliphatic heterocycles. The molecule has 2 aliphatic carbocycles. The maximum Gasteiger partial charge on any atom is 0.160 e. The lowest BCUT2D eigenvalue weighted by molar-refractivity contribution is 0.235. The maximum atomic E-state index is 11.4.